The topological polar surface area (TPSA) is 83.5 Å². The van der Waals surface area contributed by atoms with E-state index < -0.39 is 9.84 Å². The van der Waals surface area contributed by atoms with Crippen molar-refractivity contribution in [1.82, 2.24) is 4.90 Å². The first-order chi connectivity index (χ1) is 14.9. The van der Waals surface area contributed by atoms with Crippen LogP contribution in [-0.4, -0.2) is 44.0 Å². The number of nitrogens with one attached hydrogen (secondary N) is 1. The van der Waals surface area contributed by atoms with Gasteiger partial charge < -0.3 is 10.2 Å². The van der Waals surface area contributed by atoms with E-state index in [1.54, 1.807) is 48.5 Å². The normalized spacial score (nSPS) is 16.7. The lowest BCUT2D eigenvalue weighted by molar-refractivity contribution is -0.115. The molecule has 164 valence electrons. The zero-order valence-corrected chi connectivity index (χ0v) is 18.4. The maximum absolute atomic E-state index is 12.5. The third kappa shape index (κ3) is 5.73. The van der Waals surface area contributed by atoms with E-state index >= 15 is 0 Å². The highest BCUT2D eigenvalue weighted by Crippen LogP contribution is 2.32. The predicted molar refractivity (Wildman–Crippen MR) is 120 cm³/mol. The Balaban J connectivity index is 1.31. The second kappa shape index (κ2) is 9.22. The van der Waals surface area contributed by atoms with Gasteiger partial charge in [-0.05, 0) is 80.0 Å². The van der Waals surface area contributed by atoms with Gasteiger partial charge in [0.25, 0.3) is 5.91 Å². The molecule has 1 N–H and O–H groups in total. The van der Waals surface area contributed by atoms with Crippen LogP contribution < -0.4 is 5.32 Å². The van der Waals surface area contributed by atoms with Crippen LogP contribution in [0.4, 0.5) is 5.69 Å². The number of hydrogen-bond donors (Lipinski definition) is 1. The predicted octanol–water partition coefficient (Wildman–Crippen LogP) is 3.68. The molecule has 0 aromatic heterocycles. The molecule has 31 heavy (non-hydrogen) atoms. The summed E-state index contributed by atoms with van der Waals surface area (Å²) in [5.41, 5.74) is 2.01. The van der Waals surface area contributed by atoms with Gasteiger partial charge in [-0.25, -0.2) is 8.42 Å². The number of sulfone groups is 1. The molecular formula is C24H28N2O4S. The third-order valence-electron chi connectivity index (χ3n) is 5.86. The van der Waals surface area contributed by atoms with Crippen LogP contribution in [0.25, 0.3) is 0 Å². The Bertz CT molecular complexity index is 1040. The Morgan fingerprint density at radius 1 is 0.903 bits per heavy atom. The van der Waals surface area contributed by atoms with Crippen molar-refractivity contribution in [2.45, 2.75) is 43.4 Å². The average Bonchev–Trinajstić information content (AvgIpc) is 3.58. The zero-order chi connectivity index (χ0) is 21.8. The summed E-state index contributed by atoms with van der Waals surface area (Å²) in [7, 11) is -3.24. The van der Waals surface area contributed by atoms with Crippen LogP contribution in [0, 0.1) is 5.92 Å². The summed E-state index contributed by atoms with van der Waals surface area (Å²) in [6.45, 7) is 1.61. The Morgan fingerprint density at radius 3 is 2.16 bits per heavy atom. The lowest BCUT2D eigenvalue weighted by Crippen LogP contribution is -2.35. The van der Waals surface area contributed by atoms with Crippen LogP contribution in [0.2, 0.25) is 0 Å². The van der Waals surface area contributed by atoms with Gasteiger partial charge in [-0.15, -0.1) is 0 Å². The second-order valence-corrected chi connectivity index (χ2v) is 10.6. The van der Waals surface area contributed by atoms with Crippen molar-refractivity contribution >= 4 is 27.3 Å². The fraction of sp³-hybridized carbons (Fsp3) is 0.417. The summed E-state index contributed by atoms with van der Waals surface area (Å²) in [4.78, 5) is 27.1. The van der Waals surface area contributed by atoms with E-state index in [0.717, 1.165) is 44.3 Å². The van der Waals surface area contributed by atoms with Crippen molar-refractivity contribution in [2.75, 3.05) is 24.2 Å². The van der Waals surface area contributed by atoms with E-state index in [-0.39, 0.29) is 24.0 Å². The molecule has 0 unspecified atom stereocenters. The molecule has 1 aliphatic carbocycles. The molecule has 2 amide bonds. The summed E-state index contributed by atoms with van der Waals surface area (Å²) in [6.07, 6.45) is 5.40. The number of hydrogen-bond acceptors (Lipinski definition) is 4. The molecular weight excluding hydrogens is 412 g/mol. The molecule has 4 rings (SSSR count). The number of nitrogens with zero attached hydrogens (tertiary/aromatic N) is 1. The Kier molecular flexibility index (Phi) is 6.41. The Labute approximate surface area is 183 Å². The number of carbonyl (C=O) groups is 2. The van der Waals surface area contributed by atoms with Crippen molar-refractivity contribution < 1.29 is 18.0 Å². The third-order valence-corrected chi connectivity index (χ3v) is 7.76. The van der Waals surface area contributed by atoms with Crippen LogP contribution >= 0.6 is 0 Å². The van der Waals surface area contributed by atoms with Crippen molar-refractivity contribution in [3.63, 3.8) is 0 Å². The fourth-order valence-corrected chi connectivity index (χ4v) is 5.57. The first-order valence-corrected chi connectivity index (χ1v) is 12.6. The Hall–Kier alpha value is -2.67. The monoisotopic (exact) mass is 440 g/mol. The van der Waals surface area contributed by atoms with E-state index in [1.165, 1.54) is 6.42 Å². The number of rotatable bonds is 7. The molecule has 0 bridgehead atoms. The molecule has 0 radical (unpaired) electrons. The van der Waals surface area contributed by atoms with Crippen LogP contribution in [0.5, 0.6) is 0 Å². The minimum absolute atomic E-state index is 0.0364. The maximum atomic E-state index is 12.5. The molecule has 0 atom stereocenters. The molecule has 0 spiro atoms. The van der Waals surface area contributed by atoms with E-state index in [2.05, 4.69) is 5.32 Å². The summed E-state index contributed by atoms with van der Waals surface area (Å²) >= 11 is 0. The van der Waals surface area contributed by atoms with Gasteiger partial charge in [0.2, 0.25) is 5.91 Å². The van der Waals surface area contributed by atoms with Crippen molar-refractivity contribution in [1.29, 1.82) is 0 Å². The smallest absolute Gasteiger partial charge is 0.253 e. The number of likely N-dealkylation sites (tertiary alicyclic amines) is 1. The SMILES string of the molecule is O=C(Cc1ccc(S(=O)(=O)CC2CC2)cc1)Nc1ccc(C(=O)N2CCCCC2)cc1. The summed E-state index contributed by atoms with van der Waals surface area (Å²) in [5, 5.41) is 2.83. The van der Waals surface area contributed by atoms with Crippen molar-refractivity contribution in [2.24, 2.45) is 5.92 Å². The molecule has 1 aliphatic heterocycles. The van der Waals surface area contributed by atoms with Crippen molar-refractivity contribution in [3.05, 3.63) is 59.7 Å². The van der Waals surface area contributed by atoms with Crippen LogP contribution in [0.1, 0.15) is 48.0 Å². The minimum atomic E-state index is -3.24. The van der Waals surface area contributed by atoms with E-state index in [1.807, 2.05) is 4.90 Å². The number of carbonyl (C=O) groups excluding carboxylic acids is 2. The molecule has 1 heterocycles. The van der Waals surface area contributed by atoms with Crippen LogP contribution in [0.3, 0.4) is 0 Å². The van der Waals surface area contributed by atoms with Crippen LogP contribution in [0.15, 0.2) is 53.4 Å². The van der Waals surface area contributed by atoms with Crippen molar-refractivity contribution in [3.8, 4) is 0 Å². The molecule has 6 nitrogen and oxygen atoms in total. The largest absolute Gasteiger partial charge is 0.339 e. The zero-order valence-electron chi connectivity index (χ0n) is 17.5. The summed E-state index contributed by atoms with van der Waals surface area (Å²) < 4.78 is 24.7. The number of amides is 2. The van der Waals surface area contributed by atoms with E-state index in [9.17, 15) is 18.0 Å². The standard InChI is InChI=1S/C24H28N2O4S/c27-23(16-18-6-12-22(13-7-18)31(29,30)17-19-4-5-19)25-21-10-8-20(9-11-21)24(28)26-14-2-1-3-15-26/h6-13,19H,1-5,14-17H2,(H,25,27). The number of anilines is 1. The minimum Gasteiger partial charge on any atom is -0.339 e. The number of piperidine rings is 1. The summed E-state index contributed by atoms with van der Waals surface area (Å²) in [6, 6.07) is 13.5. The first-order valence-electron chi connectivity index (χ1n) is 10.9. The van der Waals surface area contributed by atoms with Gasteiger partial charge >= 0.3 is 0 Å². The van der Waals surface area contributed by atoms with Gasteiger partial charge in [0, 0.05) is 24.3 Å². The van der Waals surface area contributed by atoms with Gasteiger partial charge in [0.1, 0.15) is 0 Å². The van der Waals surface area contributed by atoms with Gasteiger partial charge in [-0.1, -0.05) is 12.1 Å². The molecule has 2 aromatic rings. The van der Waals surface area contributed by atoms with Gasteiger partial charge in [-0.3, -0.25) is 9.59 Å². The number of benzene rings is 2. The lowest BCUT2D eigenvalue weighted by Gasteiger charge is -2.26. The fourth-order valence-electron chi connectivity index (χ4n) is 3.87. The summed E-state index contributed by atoms with van der Waals surface area (Å²) in [5.74, 6) is 0.360. The van der Waals surface area contributed by atoms with Gasteiger partial charge in [0.05, 0.1) is 17.1 Å². The second-order valence-electron chi connectivity index (χ2n) is 8.52. The lowest BCUT2D eigenvalue weighted by atomic mass is 10.1. The molecule has 2 fully saturated rings. The molecule has 1 saturated heterocycles. The molecule has 2 aromatic carbocycles. The highest BCUT2D eigenvalue weighted by Gasteiger charge is 2.29. The average molecular weight is 441 g/mol. The molecule has 7 heteroatoms. The maximum Gasteiger partial charge on any atom is 0.253 e. The van der Waals surface area contributed by atoms with E-state index in [4.69, 9.17) is 0 Å². The Morgan fingerprint density at radius 2 is 1.55 bits per heavy atom. The molecule has 2 aliphatic rings. The van der Waals surface area contributed by atoms with E-state index in [0.29, 0.717) is 22.1 Å². The van der Waals surface area contributed by atoms with Gasteiger partial charge in [0.15, 0.2) is 9.84 Å². The molecule has 1 saturated carbocycles. The quantitative estimate of drug-likeness (QED) is 0.712. The highest BCUT2D eigenvalue weighted by molar-refractivity contribution is 7.91. The highest BCUT2D eigenvalue weighted by atomic mass is 32.2. The van der Waals surface area contributed by atoms with Crippen LogP contribution in [-0.2, 0) is 21.1 Å². The first kappa shape index (κ1) is 21.6. The van der Waals surface area contributed by atoms with Gasteiger partial charge in [-0.2, -0.15) is 0 Å².